The molecule has 0 fully saturated rings. The van der Waals surface area contributed by atoms with Crippen LogP contribution >= 0.6 is 0 Å². The molecule has 10 rings (SSSR count). The van der Waals surface area contributed by atoms with Gasteiger partial charge in [-0.3, -0.25) is 0 Å². The van der Waals surface area contributed by atoms with Crippen molar-refractivity contribution in [1.82, 2.24) is 4.57 Å². The van der Waals surface area contributed by atoms with Gasteiger partial charge < -0.3 is 13.9 Å². The molecule has 0 aliphatic heterocycles. The molecular formula is C44H28N2O. The van der Waals surface area contributed by atoms with Crippen molar-refractivity contribution in [2.75, 3.05) is 4.90 Å². The first-order chi connectivity index (χ1) is 23.3. The van der Waals surface area contributed by atoms with Gasteiger partial charge in [-0.1, -0.05) is 109 Å². The third-order valence-electron chi connectivity index (χ3n) is 9.52. The average molecular weight is 601 g/mol. The van der Waals surface area contributed by atoms with E-state index < -0.39 is 0 Å². The Bertz CT molecular complexity index is 2810. The van der Waals surface area contributed by atoms with Crippen molar-refractivity contribution in [3.8, 4) is 5.69 Å². The third-order valence-corrected chi connectivity index (χ3v) is 9.52. The molecule has 2 aromatic heterocycles. The largest absolute Gasteiger partial charge is 0.456 e. The zero-order valence-corrected chi connectivity index (χ0v) is 25.5. The highest BCUT2D eigenvalue weighted by Crippen LogP contribution is 2.45. The van der Waals surface area contributed by atoms with Crippen LogP contribution in [0.25, 0.3) is 71.0 Å². The van der Waals surface area contributed by atoms with Crippen molar-refractivity contribution >= 4 is 82.4 Å². The molecule has 47 heavy (non-hydrogen) atoms. The van der Waals surface area contributed by atoms with Crippen molar-refractivity contribution in [1.29, 1.82) is 0 Å². The molecule has 8 aromatic carbocycles. The summed E-state index contributed by atoms with van der Waals surface area (Å²) in [5, 5.41) is 9.55. The molecule has 0 unspecified atom stereocenters. The lowest BCUT2D eigenvalue weighted by Crippen LogP contribution is -2.10. The maximum atomic E-state index is 6.38. The van der Waals surface area contributed by atoms with E-state index >= 15 is 0 Å². The van der Waals surface area contributed by atoms with E-state index in [9.17, 15) is 0 Å². The number of benzene rings is 8. The maximum Gasteiger partial charge on any atom is 0.137 e. The minimum absolute atomic E-state index is 0.878. The molecular weight excluding hydrogens is 572 g/mol. The van der Waals surface area contributed by atoms with Crippen LogP contribution in [0.1, 0.15) is 0 Å². The number of hydrogen-bond donors (Lipinski definition) is 0. The van der Waals surface area contributed by atoms with Crippen LogP contribution in [-0.2, 0) is 0 Å². The molecule has 3 heteroatoms. The fourth-order valence-corrected chi connectivity index (χ4v) is 7.44. The molecule has 0 N–H and O–H groups in total. The van der Waals surface area contributed by atoms with Gasteiger partial charge in [0.15, 0.2) is 0 Å². The summed E-state index contributed by atoms with van der Waals surface area (Å²) in [7, 11) is 0. The summed E-state index contributed by atoms with van der Waals surface area (Å²) in [5.41, 5.74) is 8.59. The van der Waals surface area contributed by atoms with Crippen LogP contribution in [0.15, 0.2) is 174 Å². The molecule has 10 aromatic rings. The summed E-state index contributed by atoms with van der Waals surface area (Å²) < 4.78 is 8.79. The van der Waals surface area contributed by atoms with E-state index in [4.69, 9.17) is 4.42 Å². The SMILES string of the molecule is c1ccc(-n2c3ccc(N(c4ccc5ccccc5c4)c4cccc5oc6ccccc6c45)cc3c3ccc4ccccc4c32)cc1. The molecule has 0 radical (unpaired) electrons. The summed E-state index contributed by atoms with van der Waals surface area (Å²) in [6.07, 6.45) is 0. The Morgan fingerprint density at radius 1 is 0.426 bits per heavy atom. The Morgan fingerprint density at radius 3 is 2.00 bits per heavy atom. The minimum atomic E-state index is 0.878. The van der Waals surface area contributed by atoms with Crippen molar-refractivity contribution in [2.45, 2.75) is 0 Å². The molecule has 0 saturated heterocycles. The predicted octanol–water partition coefficient (Wildman–Crippen LogP) is 12.5. The lowest BCUT2D eigenvalue weighted by atomic mass is 10.0. The topological polar surface area (TPSA) is 21.3 Å². The van der Waals surface area contributed by atoms with E-state index in [0.717, 1.165) is 44.7 Å². The fraction of sp³-hybridized carbons (Fsp3) is 0. The highest BCUT2D eigenvalue weighted by atomic mass is 16.3. The third kappa shape index (κ3) is 3.93. The summed E-state index contributed by atoms with van der Waals surface area (Å²) >= 11 is 0. The lowest BCUT2D eigenvalue weighted by molar-refractivity contribution is 0.669. The molecule has 0 saturated carbocycles. The standard InChI is InChI=1S/C44H28N2O/c1-2-14-32(15-3-1)46-39-26-24-34(28-38(39)36-25-22-30-12-6-7-16-35(30)44(36)46)45(33-23-21-29-11-4-5-13-31(29)27-33)40-18-10-20-42-43(40)37-17-8-9-19-41(37)47-42/h1-28H. The first-order valence-corrected chi connectivity index (χ1v) is 16.0. The quantitative estimate of drug-likeness (QED) is 0.200. The highest BCUT2D eigenvalue weighted by molar-refractivity contribution is 6.20. The Labute approximate surface area is 271 Å². The van der Waals surface area contributed by atoms with E-state index in [0.29, 0.717) is 0 Å². The first-order valence-electron chi connectivity index (χ1n) is 16.0. The van der Waals surface area contributed by atoms with Crippen molar-refractivity contribution in [3.63, 3.8) is 0 Å². The van der Waals surface area contributed by atoms with E-state index in [1.165, 1.54) is 43.4 Å². The summed E-state index contributed by atoms with van der Waals surface area (Å²) in [6.45, 7) is 0. The summed E-state index contributed by atoms with van der Waals surface area (Å²) in [5.74, 6) is 0. The Kier molecular flexibility index (Phi) is 5.57. The second-order valence-electron chi connectivity index (χ2n) is 12.2. The summed E-state index contributed by atoms with van der Waals surface area (Å²) in [6, 6.07) is 60.8. The van der Waals surface area contributed by atoms with Crippen LogP contribution in [0.4, 0.5) is 17.1 Å². The molecule has 0 bridgehead atoms. The van der Waals surface area contributed by atoms with Gasteiger partial charge in [-0.15, -0.1) is 0 Å². The molecule has 0 atom stereocenters. The number of anilines is 3. The van der Waals surface area contributed by atoms with Gasteiger partial charge in [-0.25, -0.2) is 0 Å². The molecule has 0 aliphatic rings. The zero-order valence-electron chi connectivity index (χ0n) is 25.5. The molecule has 3 nitrogen and oxygen atoms in total. The van der Waals surface area contributed by atoms with Gasteiger partial charge >= 0.3 is 0 Å². The number of aromatic nitrogens is 1. The van der Waals surface area contributed by atoms with Gasteiger partial charge in [-0.2, -0.15) is 0 Å². The Hall–Kier alpha value is -6.32. The lowest BCUT2D eigenvalue weighted by Gasteiger charge is -2.27. The number of fused-ring (bicyclic) bond motifs is 9. The van der Waals surface area contributed by atoms with Gasteiger partial charge in [0.2, 0.25) is 0 Å². The Morgan fingerprint density at radius 2 is 1.11 bits per heavy atom. The normalized spacial score (nSPS) is 11.8. The second-order valence-corrected chi connectivity index (χ2v) is 12.2. The number of para-hydroxylation sites is 2. The number of hydrogen-bond acceptors (Lipinski definition) is 2. The van der Waals surface area contributed by atoms with Gasteiger partial charge in [0, 0.05) is 38.6 Å². The van der Waals surface area contributed by atoms with Crippen molar-refractivity contribution in [2.24, 2.45) is 0 Å². The minimum Gasteiger partial charge on any atom is -0.456 e. The molecule has 2 heterocycles. The van der Waals surface area contributed by atoms with Crippen LogP contribution in [-0.4, -0.2) is 4.57 Å². The van der Waals surface area contributed by atoms with Crippen molar-refractivity contribution < 1.29 is 4.42 Å². The van der Waals surface area contributed by atoms with Gasteiger partial charge in [-0.05, 0) is 76.8 Å². The highest BCUT2D eigenvalue weighted by Gasteiger charge is 2.22. The maximum absolute atomic E-state index is 6.38. The number of nitrogens with zero attached hydrogens (tertiary/aromatic N) is 2. The number of rotatable bonds is 4. The number of furan rings is 1. The van der Waals surface area contributed by atoms with Crippen LogP contribution in [0.5, 0.6) is 0 Å². The summed E-state index contributed by atoms with van der Waals surface area (Å²) in [4.78, 5) is 2.39. The van der Waals surface area contributed by atoms with E-state index in [-0.39, 0.29) is 0 Å². The van der Waals surface area contributed by atoms with Gasteiger partial charge in [0.25, 0.3) is 0 Å². The van der Waals surface area contributed by atoms with Crippen LogP contribution < -0.4 is 4.90 Å². The van der Waals surface area contributed by atoms with Crippen LogP contribution in [0.3, 0.4) is 0 Å². The molecule has 0 spiro atoms. The van der Waals surface area contributed by atoms with Crippen LogP contribution in [0.2, 0.25) is 0 Å². The predicted molar refractivity (Wildman–Crippen MR) is 198 cm³/mol. The molecule has 0 aliphatic carbocycles. The monoisotopic (exact) mass is 600 g/mol. The van der Waals surface area contributed by atoms with Crippen LogP contribution in [0, 0.1) is 0 Å². The molecule has 0 amide bonds. The second kappa shape index (κ2) is 10.1. The average Bonchev–Trinajstić information content (AvgIpc) is 3.68. The van der Waals surface area contributed by atoms with E-state index in [1.54, 1.807) is 0 Å². The first kappa shape index (κ1) is 26.0. The van der Waals surface area contributed by atoms with Crippen molar-refractivity contribution in [3.05, 3.63) is 170 Å². The van der Waals surface area contributed by atoms with Gasteiger partial charge in [0.1, 0.15) is 11.2 Å². The van der Waals surface area contributed by atoms with Gasteiger partial charge in [0.05, 0.1) is 22.1 Å². The van der Waals surface area contributed by atoms with E-state index in [2.05, 4.69) is 167 Å². The molecule has 220 valence electrons. The smallest absolute Gasteiger partial charge is 0.137 e. The zero-order chi connectivity index (χ0) is 30.9. The van der Waals surface area contributed by atoms with E-state index in [1.807, 2.05) is 12.1 Å². The Balaban J connectivity index is 1.30. The fourth-order valence-electron chi connectivity index (χ4n) is 7.44.